The molecule has 4 aromatic rings. The van der Waals surface area contributed by atoms with Crippen molar-refractivity contribution in [3.8, 4) is 0 Å². The lowest BCUT2D eigenvalue weighted by molar-refractivity contribution is -0.111. The van der Waals surface area contributed by atoms with Crippen LogP contribution in [0.25, 0.3) is 27.9 Å². The summed E-state index contributed by atoms with van der Waals surface area (Å²) in [4.78, 5) is 19.4. The molecule has 1 saturated heterocycles. The number of nitrogens with one attached hydrogen (secondary N) is 1. The highest BCUT2D eigenvalue weighted by Gasteiger charge is 2.12. The third-order valence-corrected chi connectivity index (χ3v) is 5.87. The van der Waals surface area contributed by atoms with Gasteiger partial charge >= 0.3 is 0 Å². The Morgan fingerprint density at radius 3 is 2.75 bits per heavy atom. The molecule has 1 aliphatic heterocycles. The number of fused-ring (bicyclic) bond motifs is 2. The number of anilines is 1. The molecule has 6 heteroatoms. The molecule has 0 spiro atoms. The molecule has 1 fully saturated rings. The van der Waals surface area contributed by atoms with Gasteiger partial charge in [0.1, 0.15) is 0 Å². The zero-order valence-corrected chi connectivity index (χ0v) is 17.9. The molecule has 1 amide bonds. The molecule has 3 heterocycles. The van der Waals surface area contributed by atoms with Gasteiger partial charge in [-0.05, 0) is 36.4 Å². The molecular formula is C26H26N4O2. The van der Waals surface area contributed by atoms with Gasteiger partial charge in [-0.3, -0.25) is 14.7 Å². The van der Waals surface area contributed by atoms with Crippen molar-refractivity contribution in [1.29, 1.82) is 0 Å². The van der Waals surface area contributed by atoms with Crippen LogP contribution in [-0.2, 0) is 16.1 Å². The van der Waals surface area contributed by atoms with Crippen LogP contribution in [0.5, 0.6) is 0 Å². The van der Waals surface area contributed by atoms with Crippen LogP contribution in [-0.4, -0.2) is 53.2 Å². The minimum atomic E-state index is -0.162. The van der Waals surface area contributed by atoms with Gasteiger partial charge in [-0.25, -0.2) is 0 Å². The molecule has 0 aliphatic carbocycles. The van der Waals surface area contributed by atoms with E-state index in [2.05, 4.69) is 44.0 Å². The SMILES string of the molecule is O=C(/C=C/c1cc2ccccc2n1CCN1CCOCC1)Nc1ccc2cccnc2c1. The number of hydrogen-bond donors (Lipinski definition) is 1. The van der Waals surface area contributed by atoms with Crippen LogP contribution in [0.1, 0.15) is 5.69 Å². The van der Waals surface area contributed by atoms with Crippen LogP contribution in [0.15, 0.2) is 72.9 Å². The first-order valence-corrected chi connectivity index (χ1v) is 11.0. The van der Waals surface area contributed by atoms with Crippen LogP contribution in [0.2, 0.25) is 0 Å². The van der Waals surface area contributed by atoms with Gasteiger partial charge in [-0.2, -0.15) is 0 Å². The lowest BCUT2D eigenvalue weighted by atomic mass is 10.2. The third kappa shape index (κ3) is 4.56. The Kier molecular flexibility index (Phi) is 5.96. The number of nitrogens with zero attached hydrogens (tertiary/aromatic N) is 3. The van der Waals surface area contributed by atoms with E-state index in [1.54, 1.807) is 12.3 Å². The Morgan fingerprint density at radius 2 is 1.84 bits per heavy atom. The molecule has 0 radical (unpaired) electrons. The Balaban J connectivity index is 1.33. The van der Waals surface area contributed by atoms with Crippen molar-refractivity contribution in [2.45, 2.75) is 6.54 Å². The normalized spacial score (nSPS) is 15.0. The summed E-state index contributed by atoms with van der Waals surface area (Å²) in [6.45, 7) is 5.35. The number of pyridine rings is 1. The van der Waals surface area contributed by atoms with E-state index in [0.29, 0.717) is 0 Å². The quantitative estimate of drug-likeness (QED) is 0.470. The largest absolute Gasteiger partial charge is 0.379 e. The van der Waals surface area contributed by atoms with Crippen LogP contribution in [0.3, 0.4) is 0 Å². The first kappa shape index (κ1) is 20.4. The van der Waals surface area contributed by atoms with Gasteiger partial charge in [-0.1, -0.05) is 30.3 Å². The molecule has 162 valence electrons. The van der Waals surface area contributed by atoms with Crippen LogP contribution in [0.4, 0.5) is 5.69 Å². The summed E-state index contributed by atoms with van der Waals surface area (Å²) in [7, 11) is 0. The predicted octanol–water partition coefficient (Wildman–Crippen LogP) is 4.17. The van der Waals surface area contributed by atoms with Gasteiger partial charge in [0.25, 0.3) is 0 Å². The molecule has 6 nitrogen and oxygen atoms in total. The summed E-state index contributed by atoms with van der Waals surface area (Å²) in [5, 5.41) is 5.17. The Bertz CT molecular complexity index is 1270. The van der Waals surface area contributed by atoms with Crippen molar-refractivity contribution in [2.75, 3.05) is 38.2 Å². The molecule has 0 bridgehead atoms. The molecule has 0 saturated carbocycles. The number of benzene rings is 2. The number of para-hydroxylation sites is 1. The fourth-order valence-corrected chi connectivity index (χ4v) is 4.17. The van der Waals surface area contributed by atoms with Crippen LogP contribution >= 0.6 is 0 Å². The number of hydrogen-bond acceptors (Lipinski definition) is 4. The second-order valence-corrected chi connectivity index (χ2v) is 7.97. The van der Waals surface area contributed by atoms with Gasteiger partial charge < -0.3 is 14.6 Å². The monoisotopic (exact) mass is 426 g/mol. The van der Waals surface area contributed by atoms with Gasteiger partial charge in [0.2, 0.25) is 5.91 Å². The molecule has 32 heavy (non-hydrogen) atoms. The zero-order chi connectivity index (χ0) is 21.8. The molecule has 1 aliphatic rings. The molecule has 0 atom stereocenters. The minimum Gasteiger partial charge on any atom is -0.379 e. The highest BCUT2D eigenvalue weighted by molar-refractivity contribution is 6.03. The van der Waals surface area contributed by atoms with E-state index < -0.39 is 0 Å². The molecule has 2 aromatic heterocycles. The lowest BCUT2D eigenvalue weighted by Gasteiger charge is -2.27. The fourth-order valence-electron chi connectivity index (χ4n) is 4.17. The van der Waals surface area contributed by atoms with Gasteiger partial charge in [-0.15, -0.1) is 0 Å². The summed E-state index contributed by atoms with van der Waals surface area (Å²) in [5.41, 5.74) is 3.80. The summed E-state index contributed by atoms with van der Waals surface area (Å²) in [6.07, 6.45) is 5.25. The van der Waals surface area contributed by atoms with Crippen molar-refractivity contribution in [2.24, 2.45) is 0 Å². The van der Waals surface area contributed by atoms with Crippen molar-refractivity contribution >= 4 is 39.5 Å². The molecular weight excluding hydrogens is 400 g/mol. The first-order valence-electron chi connectivity index (χ1n) is 11.0. The molecule has 0 unspecified atom stereocenters. The molecule has 5 rings (SSSR count). The highest BCUT2D eigenvalue weighted by Crippen LogP contribution is 2.22. The van der Waals surface area contributed by atoms with Gasteiger partial charge in [0.15, 0.2) is 0 Å². The van der Waals surface area contributed by atoms with Crippen molar-refractivity contribution in [1.82, 2.24) is 14.5 Å². The smallest absolute Gasteiger partial charge is 0.248 e. The standard InChI is InChI=1S/C26H26N4O2/c31-26(28-22-8-7-20-5-3-11-27-24(20)19-22)10-9-23-18-21-4-1-2-6-25(21)30(23)13-12-29-14-16-32-17-15-29/h1-11,18-19H,12-17H2,(H,28,31)/b10-9+. The number of ether oxygens (including phenoxy) is 1. The molecule has 2 aromatic carbocycles. The predicted molar refractivity (Wildman–Crippen MR) is 129 cm³/mol. The number of aromatic nitrogens is 2. The average Bonchev–Trinajstić information content (AvgIpc) is 3.19. The first-order chi connectivity index (χ1) is 15.8. The second kappa shape index (κ2) is 9.34. The van der Waals surface area contributed by atoms with Crippen LogP contribution in [0, 0.1) is 0 Å². The second-order valence-electron chi connectivity index (χ2n) is 7.97. The average molecular weight is 427 g/mol. The summed E-state index contributed by atoms with van der Waals surface area (Å²) < 4.78 is 7.75. The van der Waals surface area contributed by atoms with E-state index in [1.165, 1.54) is 10.9 Å². The van der Waals surface area contributed by atoms with E-state index >= 15 is 0 Å². The summed E-state index contributed by atoms with van der Waals surface area (Å²) in [6, 6.07) is 20.1. The maximum atomic E-state index is 12.6. The summed E-state index contributed by atoms with van der Waals surface area (Å²) in [5.74, 6) is -0.162. The molecule has 1 N–H and O–H groups in total. The maximum absolute atomic E-state index is 12.6. The van der Waals surface area contributed by atoms with E-state index in [9.17, 15) is 4.79 Å². The lowest BCUT2D eigenvalue weighted by Crippen LogP contribution is -2.38. The summed E-state index contributed by atoms with van der Waals surface area (Å²) >= 11 is 0. The third-order valence-electron chi connectivity index (χ3n) is 5.87. The Hall–Kier alpha value is -3.48. The van der Waals surface area contributed by atoms with Gasteiger partial charge in [0, 0.05) is 66.1 Å². The zero-order valence-electron chi connectivity index (χ0n) is 17.9. The topological polar surface area (TPSA) is 59.4 Å². The minimum absolute atomic E-state index is 0.162. The number of rotatable bonds is 6. The fraction of sp³-hybridized carbons (Fsp3) is 0.231. The van der Waals surface area contributed by atoms with E-state index in [1.807, 2.05) is 42.5 Å². The Labute approximate surface area is 187 Å². The number of carbonyl (C=O) groups excluding carboxylic acids is 1. The van der Waals surface area contributed by atoms with E-state index in [4.69, 9.17) is 4.74 Å². The van der Waals surface area contributed by atoms with E-state index in [-0.39, 0.29) is 5.91 Å². The van der Waals surface area contributed by atoms with E-state index in [0.717, 1.165) is 61.7 Å². The maximum Gasteiger partial charge on any atom is 0.248 e. The number of amides is 1. The highest BCUT2D eigenvalue weighted by atomic mass is 16.5. The Morgan fingerprint density at radius 1 is 1.00 bits per heavy atom. The van der Waals surface area contributed by atoms with Crippen LogP contribution < -0.4 is 5.32 Å². The van der Waals surface area contributed by atoms with Crippen molar-refractivity contribution in [3.05, 3.63) is 78.6 Å². The van der Waals surface area contributed by atoms with Crippen molar-refractivity contribution in [3.63, 3.8) is 0 Å². The van der Waals surface area contributed by atoms with Gasteiger partial charge in [0.05, 0.1) is 18.7 Å². The van der Waals surface area contributed by atoms with Crippen molar-refractivity contribution < 1.29 is 9.53 Å². The number of carbonyl (C=O) groups is 1. The number of morpholine rings is 1.